The quantitative estimate of drug-likeness (QED) is 0.857. The zero-order valence-electron chi connectivity index (χ0n) is 13.3. The Morgan fingerprint density at radius 1 is 1.08 bits per heavy atom. The van der Waals surface area contributed by atoms with Crippen LogP contribution in [0.1, 0.15) is 23.2 Å². The first-order chi connectivity index (χ1) is 11.7. The van der Waals surface area contributed by atoms with Gasteiger partial charge in [0, 0.05) is 40.0 Å². The molecule has 1 heterocycles. The summed E-state index contributed by atoms with van der Waals surface area (Å²) in [6, 6.07) is 17.3. The van der Waals surface area contributed by atoms with E-state index in [0.717, 1.165) is 26.1 Å². The Balaban J connectivity index is 1.68. The molecular formula is C19H20ClNO2S. The zero-order valence-corrected chi connectivity index (χ0v) is 14.9. The fraction of sp³-hybridized carbons (Fsp3) is 0.316. The van der Waals surface area contributed by atoms with Gasteiger partial charge in [-0.3, -0.25) is 4.79 Å². The maximum absolute atomic E-state index is 12.4. The lowest BCUT2D eigenvalue weighted by Gasteiger charge is -2.36. The molecule has 0 aliphatic carbocycles. The summed E-state index contributed by atoms with van der Waals surface area (Å²) < 4.78 is 5.50. The molecule has 24 heavy (non-hydrogen) atoms. The molecule has 1 saturated heterocycles. The molecule has 2 aromatic rings. The number of ether oxygens (including phenoxy) is 1. The number of amides is 1. The highest BCUT2D eigenvalue weighted by Crippen LogP contribution is 2.40. The zero-order chi connectivity index (χ0) is 16.8. The van der Waals surface area contributed by atoms with E-state index in [0.29, 0.717) is 17.1 Å². The topological polar surface area (TPSA) is 38.3 Å². The molecule has 0 atom stereocenters. The van der Waals surface area contributed by atoms with Crippen molar-refractivity contribution in [3.05, 3.63) is 65.2 Å². The Hall–Kier alpha value is -1.49. The summed E-state index contributed by atoms with van der Waals surface area (Å²) in [5, 5.41) is 3.72. The average molecular weight is 362 g/mol. The second-order valence-electron chi connectivity index (χ2n) is 5.90. The molecule has 1 fully saturated rings. The third kappa shape index (κ3) is 4.53. The van der Waals surface area contributed by atoms with Gasteiger partial charge in [0.25, 0.3) is 5.91 Å². The van der Waals surface area contributed by atoms with Gasteiger partial charge in [0.1, 0.15) is 0 Å². The van der Waals surface area contributed by atoms with Crippen molar-refractivity contribution in [3.63, 3.8) is 0 Å². The molecular weight excluding hydrogens is 342 g/mol. The molecule has 0 spiro atoms. The number of benzene rings is 2. The van der Waals surface area contributed by atoms with Crippen molar-refractivity contribution in [3.8, 4) is 0 Å². The van der Waals surface area contributed by atoms with Gasteiger partial charge in [-0.1, -0.05) is 29.8 Å². The highest BCUT2D eigenvalue weighted by molar-refractivity contribution is 8.00. The van der Waals surface area contributed by atoms with Crippen LogP contribution in [-0.4, -0.2) is 30.4 Å². The lowest BCUT2D eigenvalue weighted by Crippen LogP contribution is -2.44. The summed E-state index contributed by atoms with van der Waals surface area (Å²) in [7, 11) is 0. The monoisotopic (exact) mass is 361 g/mol. The fourth-order valence-corrected chi connectivity index (χ4v) is 4.18. The molecule has 1 N–H and O–H groups in total. The second-order valence-corrected chi connectivity index (χ2v) is 7.88. The Labute approximate surface area is 151 Å². The Morgan fingerprint density at radius 3 is 2.42 bits per heavy atom. The lowest BCUT2D eigenvalue weighted by atomic mass is 9.99. The van der Waals surface area contributed by atoms with Crippen LogP contribution in [-0.2, 0) is 4.74 Å². The van der Waals surface area contributed by atoms with E-state index in [2.05, 4.69) is 17.4 Å². The number of halogens is 1. The van der Waals surface area contributed by atoms with E-state index < -0.39 is 0 Å². The van der Waals surface area contributed by atoms with Gasteiger partial charge < -0.3 is 10.1 Å². The second kappa shape index (κ2) is 8.06. The summed E-state index contributed by atoms with van der Waals surface area (Å²) in [4.78, 5) is 13.6. The largest absolute Gasteiger partial charge is 0.381 e. The Kier molecular flexibility index (Phi) is 5.82. The molecule has 1 amide bonds. The van der Waals surface area contributed by atoms with Gasteiger partial charge in [0.15, 0.2) is 0 Å². The van der Waals surface area contributed by atoms with E-state index in [1.54, 1.807) is 24.3 Å². The molecule has 3 nitrogen and oxygen atoms in total. The SMILES string of the molecule is O=C(NCC1(Sc2ccccc2)CCOCC1)c1ccc(Cl)cc1. The molecule has 0 unspecified atom stereocenters. The van der Waals surface area contributed by atoms with Crippen LogP contribution in [0.5, 0.6) is 0 Å². The highest BCUT2D eigenvalue weighted by Gasteiger charge is 2.34. The minimum Gasteiger partial charge on any atom is -0.381 e. The fourth-order valence-electron chi connectivity index (χ4n) is 2.74. The maximum atomic E-state index is 12.4. The third-order valence-electron chi connectivity index (χ3n) is 4.16. The van der Waals surface area contributed by atoms with Crippen molar-refractivity contribution in [1.29, 1.82) is 0 Å². The molecule has 0 bridgehead atoms. The van der Waals surface area contributed by atoms with Crippen LogP contribution in [0.3, 0.4) is 0 Å². The highest BCUT2D eigenvalue weighted by atomic mass is 35.5. The van der Waals surface area contributed by atoms with Gasteiger partial charge in [-0.15, -0.1) is 11.8 Å². The van der Waals surface area contributed by atoms with E-state index in [1.165, 1.54) is 4.90 Å². The molecule has 1 aliphatic rings. The number of rotatable bonds is 5. The van der Waals surface area contributed by atoms with Crippen molar-refractivity contribution in [2.45, 2.75) is 22.5 Å². The number of nitrogens with one attached hydrogen (secondary N) is 1. The number of hydrogen-bond acceptors (Lipinski definition) is 3. The van der Waals surface area contributed by atoms with Crippen LogP contribution in [0.25, 0.3) is 0 Å². The predicted octanol–water partition coefficient (Wildman–Crippen LogP) is 4.41. The van der Waals surface area contributed by atoms with Crippen LogP contribution in [0.2, 0.25) is 5.02 Å². The maximum Gasteiger partial charge on any atom is 0.251 e. The smallest absolute Gasteiger partial charge is 0.251 e. The Bertz CT molecular complexity index is 670. The standard InChI is InChI=1S/C19H20ClNO2S/c20-16-8-6-15(7-9-16)18(22)21-14-19(10-12-23-13-11-19)24-17-4-2-1-3-5-17/h1-9H,10-14H2,(H,21,22). The van der Waals surface area contributed by atoms with Gasteiger partial charge in [0.05, 0.1) is 0 Å². The van der Waals surface area contributed by atoms with Crippen LogP contribution in [0.15, 0.2) is 59.5 Å². The minimum absolute atomic E-state index is 0.0261. The molecule has 0 saturated carbocycles. The normalized spacial score (nSPS) is 16.5. The van der Waals surface area contributed by atoms with E-state index in [-0.39, 0.29) is 10.7 Å². The van der Waals surface area contributed by atoms with Crippen LogP contribution in [0.4, 0.5) is 0 Å². The average Bonchev–Trinajstić information content (AvgIpc) is 2.62. The van der Waals surface area contributed by atoms with Crippen LogP contribution < -0.4 is 5.32 Å². The molecule has 5 heteroatoms. The molecule has 2 aromatic carbocycles. The van der Waals surface area contributed by atoms with Gasteiger partial charge >= 0.3 is 0 Å². The van der Waals surface area contributed by atoms with Crippen molar-refractivity contribution >= 4 is 29.3 Å². The first-order valence-corrected chi connectivity index (χ1v) is 9.22. The molecule has 1 aliphatic heterocycles. The van der Waals surface area contributed by atoms with Crippen LogP contribution >= 0.6 is 23.4 Å². The first kappa shape index (κ1) is 17.3. The summed E-state index contributed by atoms with van der Waals surface area (Å²) in [6.45, 7) is 2.09. The number of carbonyl (C=O) groups excluding carboxylic acids is 1. The number of hydrogen-bond donors (Lipinski definition) is 1. The lowest BCUT2D eigenvalue weighted by molar-refractivity contribution is 0.0741. The molecule has 0 aromatic heterocycles. The van der Waals surface area contributed by atoms with E-state index in [1.807, 2.05) is 30.0 Å². The first-order valence-electron chi connectivity index (χ1n) is 8.02. The molecule has 3 rings (SSSR count). The van der Waals surface area contributed by atoms with E-state index in [4.69, 9.17) is 16.3 Å². The Morgan fingerprint density at radius 2 is 1.75 bits per heavy atom. The van der Waals surface area contributed by atoms with Gasteiger partial charge in [-0.2, -0.15) is 0 Å². The van der Waals surface area contributed by atoms with Crippen molar-refractivity contribution in [2.75, 3.05) is 19.8 Å². The number of carbonyl (C=O) groups is 1. The number of thioether (sulfide) groups is 1. The van der Waals surface area contributed by atoms with Crippen molar-refractivity contribution in [1.82, 2.24) is 5.32 Å². The van der Waals surface area contributed by atoms with E-state index >= 15 is 0 Å². The van der Waals surface area contributed by atoms with Gasteiger partial charge in [-0.05, 0) is 49.2 Å². The summed E-state index contributed by atoms with van der Waals surface area (Å²) in [5.41, 5.74) is 0.631. The van der Waals surface area contributed by atoms with E-state index in [9.17, 15) is 4.79 Å². The summed E-state index contributed by atoms with van der Waals surface area (Å²) in [6.07, 6.45) is 1.85. The third-order valence-corrected chi connectivity index (χ3v) is 5.90. The van der Waals surface area contributed by atoms with Crippen molar-refractivity contribution < 1.29 is 9.53 Å². The van der Waals surface area contributed by atoms with Gasteiger partial charge in [-0.25, -0.2) is 0 Å². The summed E-state index contributed by atoms with van der Waals surface area (Å²) in [5.74, 6) is -0.0637. The van der Waals surface area contributed by atoms with Gasteiger partial charge in [0.2, 0.25) is 0 Å². The summed E-state index contributed by atoms with van der Waals surface area (Å²) >= 11 is 7.71. The van der Waals surface area contributed by atoms with Crippen LogP contribution in [0, 0.1) is 0 Å². The molecule has 0 radical (unpaired) electrons. The minimum atomic E-state index is -0.0637. The van der Waals surface area contributed by atoms with Crippen molar-refractivity contribution in [2.24, 2.45) is 0 Å². The molecule has 126 valence electrons. The predicted molar refractivity (Wildman–Crippen MR) is 98.9 cm³/mol.